The number of hydrogen-bond donors (Lipinski definition) is 1. The zero-order valence-electron chi connectivity index (χ0n) is 15.9. The fourth-order valence-electron chi connectivity index (χ4n) is 2.95. The first kappa shape index (κ1) is 21.1. The molecule has 1 saturated heterocycles. The molecule has 1 N–H and O–H groups in total. The zero-order chi connectivity index (χ0) is 20.0. The van der Waals surface area contributed by atoms with Crippen LogP contribution in [0, 0.1) is 11.8 Å². The van der Waals surface area contributed by atoms with E-state index in [1.807, 2.05) is 13.8 Å². The van der Waals surface area contributed by atoms with Gasteiger partial charge in [-0.2, -0.15) is 0 Å². The average Bonchev–Trinajstić information content (AvgIpc) is 3.03. The van der Waals surface area contributed by atoms with Gasteiger partial charge in [0, 0.05) is 0 Å². The second kappa shape index (κ2) is 9.66. The third-order valence-corrected chi connectivity index (χ3v) is 4.56. The van der Waals surface area contributed by atoms with E-state index in [0.29, 0.717) is 18.8 Å². The molecule has 2 amide bonds. The third-order valence-electron chi connectivity index (χ3n) is 4.56. The van der Waals surface area contributed by atoms with Crippen molar-refractivity contribution in [2.24, 2.45) is 11.8 Å². The summed E-state index contributed by atoms with van der Waals surface area (Å²) in [5.41, 5.74) is 0. The number of nitrogens with zero attached hydrogens (tertiary/aromatic N) is 1. The highest BCUT2D eigenvalue weighted by Crippen LogP contribution is 2.26. The van der Waals surface area contributed by atoms with Crippen LogP contribution in [0.5, 0.6) is 0 Å². The lowest BCUT2D eigenvalue weighted by Crippen LogP contribution is -2.48. The number of hydrogen-bond acceptors (Lipinski definition) is 7. The summed E-state index contributed by atoms with van der Waals surface area (Å²) in [6.07, 6.45) is 3.54. The van der Waals surface area contributed by atoms with Gasteiger partial charge < -0.3 is 19.3 Å². The summed E-state index contributed by atoms with van der Waals surface area (Å²) in [7, 11) is 0. The number of rotatable bonds is 8. The van der Waals surface area contributed by atoms with Crippen LogP contribution in [0.3, 0.4) is 0 Å². The van der Waals surface area contributed by atoms with Crippen LogP contribution < -0.4 is 0 Å². The summed E-state index contributed by atoms with van der Waals surface area (Å²) in [6, 6.07) is -0.347. The smallest absolute Gasteiger partial charge is 0.416 e. The van der Waals surface area contributed by atoms with Crippen molar-refractivity contribution in [2.75, 3.05) is 26.4 Å². The highest BCUT2D eigenvalue weighted by Gasteiger charge is 2.44. The van der Waals surface area contributed by atoms with E-state index in [4.69, 9.17) is 19.3 Å². The molecule has 0 spiro atoms. The van der Waals surface area contributed by atoms with Crippen molar-refractivity contribution >= 4 is 17.8 Å². The molecule has 150 valence electrons. The number of aliphatic hydroxyl groups excluding tert-OH is 1. The fourth-order valence-corrected chi connectivity index (χ4v) is 2.95. The van der Waals surface area contributed by atoms with Crippen molar-refractivity contribution in [3.63, 3.8) is 0 Å². The molecule has 0 aromatic heterocycles. The molecule has 0 aromatic carbocycles. The molecule has 0 radical (unpaired) electrons. The van der Waals surface area contributed by atoms with Crippen LogP contribution in [-0.4, -0.2) is 66.4 Å². The molecule has 0 bridgehead atoms. The summed E-state index contributed by atoms with van der Waals surface area (Å²) in [4.78, 5) is 38.2. The first-order valence-electron chi connectivity index (χ1n) is 9.14. The standard InChI is InChI=1S/C19H27NO7/c1-12(2)15-11-26-19(24)20(15)18(23)13(3)17-16(22)7-6-14(27-17)5-4-9-25-10-8-21/h5-7,12-13,15,17,21H,4,8-11H2,1-3H3. The molecule has 2 aliphatic heterocycles. The first-order valence-corrected chi connectivity index (χ1v) is 9.14. The van der Waals surface area contributed by atoms with E-state index in [1.165, 1.54) is 6.08 Å². The number of carbonyl (C=O) groups excluding carboxylic acids is 3. The number of allylic oxidation sites excluding steroid dienone is 1. The van der Waals surface area contributed by atoms with Gasteiger partial charge in [-0.1, -0.05) is 13.8 Å². The van der Waals surface area contributed by atoms with Gasteiger partial charge in [0.2, 0.25) is 5.91 Å². The van der Waals surface area contributed by atoms with Crippen LogP contribution in [-0.2, 0) is 23.8 Å². The van der Waals surface area contributed by atoms with Gasteiger partial charge in [-0.3, -0.25) is 9.59 Å². The van der Waals surface area contributed by atoms with Gasteiger partial charge in [0.1, 0.15) is 12.4 Å². The predicted molar refractivity (Wildman–Crippen MR) is 95.6 cm³/mol. The van der Waals surface area contributed by atoms with Gasteiger partial charge in [-0.15, -0.1) is 0 Å². The Kier molecular flexibility index (Phi) is 7.55. The van der Waals surface area contributed by atoms with Crippen molar-refractivity contribution in [3.05, 3.63) is 24.0 Å². The third kappa shape index (κ3) is 5.17. The van der Waals surface area contributed by atoms with Gasteiger partial charge in [-0.25, -0.2) is 9.69 Å². The molecule has 2 aliphatic rings. The molecule has 0 aliphatic carbocycles. The lowest BCUT2D eigenvalue weighted by atomic mass is 9.95. The molecule has 0 saturated carbocycles. The SMILES string of the molecule is CC(C)C1COC(=O)N1C(=O)C(C)C1OC(=CCCOCCO)C=CC1=O. The molecule has 3 atom stereocenters. The molecule has 8 heteroatoms. The maximum absolute atomic E-state index is 12.9. The van der Waals surface area contributed by atoms with E-state index in [1.54, 1.807) is 19.1 Å². The molecular weight excluding hydrogens is 354 g/mol. The Morgan fingerprint density at radius 2 is 2.07 bits per heavy atom. The van der Waals surface area contributed by atoms with E-state index in [0.717, 1.165) is 4.90 Å². The number of ether oxygens (including phenoxy) is 3. The summed E-state index contributed by atoms with van der Waals surface area (Å²) in [5, 5.41) is 8.67. The minimum Gasteiger partial charge on any atom is -0.482 e. The van der Waals surface area contributed by atoms with Crippen molar-refractivity contribution in [1.29, 1.82) is 0 Å². The topological polar surface area (TPSA) is 102 Å². The molecule has 27 heavy (non-hydrogen) atoms. The first-order chi connectivity index (χ1) is 12.9. The van der Waals surface area contributed by atoms with Crippen LogP contribution in [0.1, 0.15) is 27.2 Å². The minimum absolute atomic E-state index is 0.0422. The van der Waals surface area contributed by atoms with E-state index in [2.05, 4.69) is 0 Å². The van der Waals surface area contributed by atoms with Gasteiger partial charge in [-0.05, 0) is 37.5 Å². The van der Waals surface area contributed by atoms with E-state index in [-0.39, 0.29) is 37.6 Å². The lowest BCUT2D eigenvalue weighted by molar-refractivity contribution is -0.143. The van der Waals surface area contributed by atoms with Crippen molar-refractivity contribution < 1.29 is 33.7 Å². The Hall–Kier alpha value is -2.19. The van der Waals surface area contributed by atoms with Crippen LogP contribution >= 0.6 is 0 Å². The Bertz CT molecular complexity index is 626. The van der Waals surface area contributed by atoms with Gasteiger partial charge in [0.05, 0.1) is 31.8 Å². The summed E-state index contributed by atoms with van der Waals surface area (Å²) in [6.45, 7) is 6.17. The second-order valence-corrected chi connectivity index (χ2v) is 6.89. The largest absolute Gasteiger partial charge is 0.482 e. The Morgan fingerprint density at radius 3 is 2.74 bits per heavy atom. The minimum atomic E-state index is -0.992. The van der Waals surface area contributed by atoms with E-state index in [9.17, 15) is 14.4 Å². The molecular formula is C19H27NO7. The fraction of sp³-hybridized carbons (Fsp3) is 0.632. The van der Waals surface area contributed by atoms with E-state index >= 15 is 0 Å². The normalized spacial score (nSPS) is 25.1. The summed E-state index contributed by atoms with van der Waals surface area (Å²) >= 11 is 0. The number of amides is 2. The van der Waals surface area contributed by atoms with Crippen LogP contribution in [0.4, 0.5) is 4.79 Å². The van der Waals surface area contributed by atoms with Gasteiger partial charge in [0.25, 0.3) is 0 Å². The number of imide groups is 1. The van der Waals surface area contributed by atoms with Crippen molar-refractivity contribution in [1.82, 2.24) is 4.90 Å². The predicted octanol–water partition coefficient (Wildman–Crippen LogP) is 1.43. The Morgan fingerprint density at radius 1 is 1.33 bits per heavy atom. The summed E-state index contributed by atoms with van der Waals surface area (Å²) < 4.78 is 15.9. The van der Waals surface area contributed by atoms with Crippen molar-refractivity contribution in [2.45, 2.75) is 39.3 Å². The Labute approximate surface area is 158 Å². The maximum Gasteiger partial charge on any atom is 0.416 e. The van der Waals surface area contributed by atoms with Gasteiger partial charge >= 0.3 is 6.09 Å². The zero-order valence-corrected chi connectivity index (χ0v) is 15.9. The molecule has 0 aromatic rings. The Balaban J connectivity index is 2.04. The lowest BCUT2D eigenvalue weighted by Gasteiger charge is -2.30. The maximum atomic E-state index is 12.9. The number of aliphatic hydroxyl groups is 1. The van der Waals surface area contributed by atoms with Crippen molar-refractivity contribution in [3.8, 4) is 0 Å². The molecule has 2 heterocycles. The van der Waals surface area contributed by atoms with Crippen LogP contribution in [0.15, 0.2) is 24.0 Å². The van der Waals surface area contributed by atoms with Gasteiger partial charge in [0.15, 0.2) is 11.9 Å². The number of cyclic esters (lactones) is 1. The van der Waals surface area contributed by atoms with E-state index < -0.39 is 24.0 Å². The molecule has 8 nitrogen and oxygen atoms in total. The molecule has 2 rings (SSSR count). The number of ketones is 1. The van der Waals surface area contributed by atoms with Crippen LogP contribution in [0.2, 0.25) is 0 Å². The summed E-state index contributed by atoms with van der Waals surface area (Å²) in [5.74, 6) is -1.11. The average molecular weight is 381 g/mol. The highest BCUT2D eigenvalue weighted by molar-refractivity contribution is 6.01. The molecule has 3 unspecified atom stereocenters. The second-order valence-electron chi connectivity index (χ2n) is 6.89. The quantitative estimate of drug-likeness (QED) is 0.635. The monoisotopic (exact) mass is 381 g/mol. The number of carbonyl (C=O) groups is 3. The molecule has 1 fully saturated rings. The van der Waals surface area contributed by atoms with Crippen LogP contribution in [0.25, 0.3) is 0 Å². The highest BCUT2D eigenvalue weighted by atomic mass is 16.6.